The van der Waals surface area contributed by atoms with E-state index in [9.17, 15) is 0 Å². The Morgan fingerprint density at radius 1 is 1.24 bits per heavy atom. The first-order chi connectivity index (χ1) is 10.1. The molecule has 0 fully saturated rings. The van der Waals surface area contributed by atoms with Gasteiger partial charge in [0.05, 0.1) is 0 Å². The zero-order valence-corrected chi connectivity index (χ0v) is 12.5. The minimum absolute atomic E-state index is 0.283. The highest BCUT2D eigenvalue weighted by atomic mass is 16.7. The minimum atomic E-state index is 0.283. The molecule has 1 aromatic carbocycles. The number of rotatable bonds is 4. The molecule has 1 aromatic heterocycles. The third-order valence-corrected chi connectivity index (χ3v) is 3.38. The predicted octanol–water partition coefficient (Wildman–Crippen LogP) is 3.25. The van der Waals surface area contributed by atoms with Gasteiger partial charge in [0.25, 0.3) is 0 Å². The molecule has 1 aliphatic heterocycles. The number of para-hydroxylation sites is 1. The first-order valence-corrected chi connectivity index (χ1v) is 7.10. The number of hydrogen-bond donors (Lipinski definition) is 1. The Hall–Kier alpha value is -2.30. The monoisotopic (exact) mass is 285 g/mol. The molecule has 5 nitrogen and oxygen atoms in total. The highest BCUT2D eigenvalue weighted by molar-refractivity contribution is 5.49. The van der Waals surface area contributed by atoms with Gasteiger partial charge >= 0.3 is 0 Å². The van der Waals surface area contributed by atoms with Gasteiger partial charge in [-0.05, 0) is 25.0 Å². The van der Waals surface area contributed by atoms with Gasteiger partial charge < -0.3 is 14.8 Å². The summed E-state index contributed by atoms with van der Waals surface area (Å²) in [6.07, 6.45) is 0. The summed E-state index contributed by atoms with van der Waals surface area (Å²) in [6, 6.07) is 7.90. The summed E-state index contributed by atoms with van der Waals surface area (Å²) in [4.78, 5) is 8.98. The molecule has 1 N–H and O–H groups in total. The quantitative estimate of drug-likeness (QED) is 0.934. The standard InChI is InChI=1S/C16H19N3O2/c1-10(2)13-7-11(3)18-16(19-13)17-8-12-5-4-6-14-15(12)21-9-20-14/h4-7,10H,8-9H2,1-3H3,(H,17,18,19). The van der Waals surface area contributed by atoms with Crippen LogP contribution in [0.2, 0.25) is 0 Å². The molecule has 2 heterocycles. The lowest BCUT2D eigenvalue weighted by Crippen LogP contribution is -2.07. The predicted molar refractivity (Wildman–Crippen MR) is 80.7 cm³/mol. The average molecular weight is 285 g/mol. The summed E-state index contributed by atoms with van der Waals surface area (Å²) < 4.78 is 10.9. The maximum absolute atomic E-state index is 5.50. The van der Waals surface area contributed by atoms with Crippen LogP contribution in [0.3, 0.4) is 0 Å². The van der Waals surface area contributed by atoms with Crippen LogP contribution >= 0.6 is 0 Å². The topological polar surface area (TPSA) is 56.3 Å². The van der Waals surface area contributed by atoms with Crippen molar-refractivity contribution in [2.45, 2.75) is 33.2 Å². The zero-order chi connectivity index (χ0) is 14.8. The normalized spacial score (nSPS) is 12.8. The number of fused-ring (bicyclic) bond motifs is 1. The third kappa shape index (κ3) is 2.91. The van der Waals surface area contributed by atoms with Gasteiger partial charge in [-0.1, -0.05) is 26.0 Å². The second kappa shape index (κ2) is 5.60. The number of ether oxygens (including phenoxy) is 2. The Morgan fingerprint density at radius 2 is 2.10 bits per heavy atom. The number of aryl methyl sites for hydroxylation is 1. The van der Waals surface area contributed by atoms with Gasteiger partial charge in [0.2, 0.25) is 12.7 Å². The largest absolute Gasteiger partial charge is 0.454 e. The summed E-state index contributed by atoms with van der Waals surface area (Å²) in [5.41, 5.74) is 3.05. The third-order valence-electron chi connectivity index (χ3n) is 3.38. The summed E-state index contributed by atoms with van der Waals surface area (Å²) >= 11 is 0. The van der Waals surface area contributed by atoms with E-state index < -0.39 is 0 Å². The Kier molecular flexibility index (Phi) is 3.64. The molecular formula is C16H19N3O2. The lowest BCUT2D eigenvalue weighted by atomic mass is 10.1. The lowest BCUT2D eigenvalue weighted by Gasteiger charge is -2.11. The Bertz CT molecular complexity index is 656. The van der Waals surface area contributed by atoms with Crippen LogP contribution in [0.25, 0.3) is 0 Å². The number of aromatic nitrogens is 2. The van der Waals surface area contributed by atoms with Gasteiger partial charge in [-0.25, -0.2) is 9.97 Å². The summed E-state index contributed by atoms with van der Waals surface area (Å²) in [5, 5.41) is 3.27. The van der Waals surface area contributed by atoms with Crippen LogP contribution in [-0.2, 0) is 6.54 Å². The van der Waals surface area contributed by atoms with Gasteiger partial charge in [-0.2, -0.15) is 0 Å². The second-order valence-electron chi connectivity index (χ2n) is 5.42. The van der Waals surface area contributed by atoms with Crippen LogP contribution in [0.1, 0.15) is 36.7 Å². The first-order valence-electron chi connectivity index (χ1n) is 7.10. The molecular weight excluding hydrogens is 266 g/mol. The van der Waals surface area contributed by atoms with E-state index in [0.29, 0.717) is 18.4 Å². The van der Waals surface area contributed by atoms with Crippen molar-refractivity contribution in [1.82, 2.24) is 9.97 Å². The van der Waals surface area contributed by atoms with Crippen molar-refractivity contribution in [3.63, 3.8) is 0 Å². The number of anilines is 1. The van der Waals surface area contributed by atoms with Crippen LogP contribution < -0.4 is 14.8 Å². The van der Waals surface area contributed by atoms with Gasteiger partial charge in [0.15, 0.2) is 11.5 Å². The second-order valence-corrected chi connectivity index (χ2v) is 5.42. The molecule has 0 saturated heterocycles. The molecule has 110 valence electrons. The van der Waals surface area contributed by atoms with E-state index in [0.717, 1.165) is 28.5 Å². The Morgan fingerprint density at radius 3 is 2.90 bits per heavy atom. The van der Waals surface area contributed by atoms with E-state index in [1.165, 1.54) is 0 Å². The Balaban J connectivity index is 1.78. The molecule has 21 heavy (non-hydrogen) atoms. The molecule has 0 saturated carbocycles. The fraction of sp³-hybridized carbons (Fsp3) is 0.375. The molecule has 3 rings (SSSR count). The van der Waals surface area contributed by atoms with Crippen molar-refractivity contribution in [2.24, 2.45) is 0 Å². The van der Waals surface area contributed by atoms with Gasteiger partial charge in [0, 0.05) is 23.5 Å². The van der Waals surface area contributed by atoms with E-state index in [1.807, 2.05) is 31.2 Å². The molecule has 0 bridgehead atoms. The van der Waals surface area contributed by atoms with Crippen molar-refractivity contribution >= 4 is 5.95 Å². The van der Waals surface area contributed by atoms with E-state index in [2.05, 4.69) is 29.1 Å². The number of hydrogen-bond acceptors (Lipinski definition) is 5. The van der Waals surface area contributed by atoms with Crippen LogP contribution in [0.4, 0.5) is 5.95 Å². The molecule has 2 aromatic rings. The molecule has 0 unspecified atom stereocenters. The van der Waals surface area contributed by atoms with Gasteiger partial charge in [0.1, 0.15) is 0 Å². The molecule has 5 heteroatoms. The zero-order valence-electron chi connectivity index (χ0n) is 12.5. The summed E-state index contributed by atoms with van der Waals surface area (Å²) in [7, 11) is 0. The lowest BCUT2D eigenvalue weighted by molar-refractivity contribution is 0.173. The maximum Gasteiger partial charge on any atom is 0.231 e. The highest BCUT2D eigenvalue weighted by Gasteiger charge is 2.17. The summed E-state index contributed by atoms with van der Waals surface area (Å²) in [5.74, 6) is 2.63. The van der Waals surface area contributed by atoms with E-state index in [1.54, 1.807) is 0 Å². The van der Waals surface area contributed by atoms with Crippen molar-refractivity contribution in [1.29, 1.82) is 0 Å². The Labute approximate surface area is 124 Å². The fourth-order valence-corrected chi connectivity index (χ4v) is 2.27. The first kappa shape index (κ1) is 13.7. The van der Waals surface area contributed by atoms with Crippen molar-refractivity contribution in [2.75, 3.05) is 12.1 Å². The molecule has 1 aliphatic rings. The minimum Gasteiger partial charge on any atom is -0.454 e. The van der Waals surface area contributed by atoms with Gasteiger partial charge in [-0.3, -0.25) is 0 Å². The molecule has 0 spiro atoms. The highest BCUT2D eigenvalue weighted by Crippen LogP contribution is 2.35. The van der Waals surface area contributed by atoms with E-state index in [4.69, 9.17) is 9.47 Å². The molecule has 0 radical (unpaired) electrons. The van der Waals surface area contributed by atoms with E-state index >= 15 is 0 Å². The molecule has 0 aliphatic carbocycles. The van der Waals surface area contributed by atoms with Crippen molar-refractivity contribution in [3.05, 3.63) is 41.2 Å². The number of benzene rings is 1. The van der Waals surface area contributed by atoms with Crippen LogP contribution in [0.15, 0.2) is 24.3 Å². The van der Waals surface area contributed by atoms with Crippen molar-refractivity contribution < 1.29 is 9.47 Å². The smallest absolute Gasteiger partial charge is 0.231 e. The van der Waals surface area contributed by atoms with E-state index in [-0.39, 0.29) is 6.79 Å². The number of nitrogens with one attached hydrogen (secondary N) is 1. The maximum atomic E-state index is 5.50. The summed E-state index contributed by atoms with van der Waals surface area (Å²) in [6.45, 7) is 7.12. The van der Waals surface area contributed by atoms with Crippen LogP contribution in [-0.4, -0.2) is 16.8 Å². The molecule has 0 atom stereocenters. The van der Waals surface area contributed by atoms with Gasteiger partial charge in [-0.15, -0.1) is 0 Å². The van der Waals surface area contributed by atoms with Crippen molar-refractivity contribution in [3.8, 4) is 11.5 Å². The van der Waals surface area contributed by atoms with Crippen LogP contribution in [0.5, 0.6) is 11.5 Å². The fourth-order valence-electron chi connectivity index (χ4n) is 2.27. The SMILES string of the molecule is Cc1cc(C(C)C)nc(NCc2cccc3c2OCO3)n1. The molecule has 0 amide bonds. The van der Waals surface area contributed by atoms with Crippen LogP contribution in [0, 0.1) is 6.92 Å². The average Bonchev–Trinajstić information content (AvgIpc) is 2.93. The number of nitrogens with zero attached hydrogens (tertiary/aromatic N) is 2.